The molecule has 0 amide bonds. The zero-order valence-corrected chi connectivity index (χ0v) is 67.8. The molecule has 0 spiro atoms. The molecule has 0 fully saturated rings. The first-order valence-corrected chi connectivity index (χ1v) is 45.6. The molecule has 17 nitrogen and oxygen atoms in total. The molecule has 0 saturated heterocycles. The Morgan fingerprint density at radius 1 is 0.267 bits per heavy atom. The van der Waals surface area contributed by atoms with Gasteiger partial charge < -0.3 is 33.8 Å². The van der Waals surface area contributed by atoms with Gasteiger partial charge in [0, 0.05) is 25.7 Å². The lowest BCUT2D eigenvalue weighted by molar-refractivity contribution is -0.161. The highest BCUT2D eigenvalue weighted by Crippen LogP contribution is 2.45. The average molecular weight is 1480 g/mol. The molecular formula is C82H160O17P2. The Morgan fingerprint density at radius 2 is 0.455 bits per heavy atom. The fourth-order valence-corrected chi connectivity index (χ4v) is 14.3. The first-order valence-electron chi connectivity index (χ1n) is 42.6. The van der Waals surface area contributed by atoms with Crippen molar-refractivity contribution in [1.82, 2.24) is 0 Å². The van der Waals surface area contributed by atoms with Crippen molar-refractivity contribution in [2.24, 2.45) is 5.92 Å². The number of phosphoric acid groups is 2. The first-order chi connectivity index (χ1) is 49.0. The summed E-state index contributed by atoms with van der Waals surface area (Å²) in [6, 6.07) is 0. The van der Waals surface area contributed by atoms with Crippen LogP contribution in [0.5, 0.6) is 0 Å². The molecule has 0 aliphatic rings. The fraction of sp³-hybridized carbons (Fsp3) is 0.951. The van der Waals surface area contributed by atoms with Crippen LogP contribution >= 0.6 is 15.6 Å². The summed E-state index contributed by atoms with van der Waals surface area (Å²) in [6.07, 6.45) is 66.5. The third kappa shape index (κ3) is 76.1. The van der Waals surface area contributed by atoms with Gasteiger partial charge in [0.15, 0.2) is 12.2 Å². The van der Waals surface area contributed by atoms with E-state index in [1.807, 2.05) is 0 Å². The summed E-state index contributed by atoms with van der Waals surface area (Å²) in [6.45, 7) is 7.36. The van der Waals surface area contributed by atoms with Crippen LogP contribution in [0.4, 0.5) is 0 Å². The number of aliphatic hydroxyl groups is 1. The van der Waals surface area contributed by atoms with Crippen molar-refractivity contribution in [3.63, 3.8) is 0 Å². The molecule has 101 heavy (non-hydrogen) atoms. The minimum atomic E-state index is -4.96. The van der Waals surface area contributed by atoms with Crippen molar-refractivity contribution in [1.29, 1.82) is 0 Å². The Balaban J connectivity index is 5.24. The fourth-order valence-electron chi connectivity index (χ4n) is 12.8. The largest absolute Gasteiger partial charge is 0.472 e. The summed E-state index contributed by atoms with van der Waals surface area (Å²) in [5.74, 6) is -1.31. The molecule has 0 saturated carbocycles. The molecule has 0 aromatic carbocycles. The summed E-state index contributed by atoms with van der Waals surface area (Å²) in [4.78, 5) is 73.1. The summed E-state index contributed by atoms with van der Waals surface area (Å²) in [5.41, 5.74) is 0. The van der Waals surface area contributed by atoms with Gasteiger partial charge in [0.25, 0.3) is 0 Å². The van der Waals surface area contributed by atoms with Crippen molar-refractivity contribution in [3.05, 3.63) is 0 Å². The minimum Gasteiger partial charge on any atom is -0.462 e. The molecule has 0 aromatic heterocycles. The standard InChI is InChI=1S/C82H160O17P2/c1-6-9-12-15-18-21-24-26-28-29-30-31-32-33-37-43-48-53-58-63-68-82(87)99-78(72-93-80(85)66-61-56-51-46-41-38-34-35-40-44-49-54-59-64-75(4)5)74-97-101(90,91)95-70-76(83)69-94-100(88,89)96-73-77(71-92-79(84)65-60-55-50-45-39-23-20-17-14-11-8-3)98-81(86)67-62-57-52-47-42-36-27-25-22-19-16-13-10-7-2/h75-78,83H,6-74H2,1-5H3,(H,88,89)(H,90,91)/t76-,77+,78+/m0/s1. The lowest BCUT2D eigenvalue weighted by Crippen LogP contribution is -2.30. The van der Waals surface area contributed by atoms with Gasteiger partial charge in [-0.15, -0.1) is 0 Å². The molecule has 3 N–H and O–H groups in total. The number of ether oxygens (including phenoxy) is 4. The average Bonchev–Trinajstić information content (AvgIpc) is 0.918. The second kappa shape index (κ2) is 74.9. The highest BCUT2D eigenvalue weighted by Gasteiger charge is 2.30. The number of phosphoric ester groups is 2. The molecular weight excluding hydrogens is 1320 g/mol. The molecule has 0 aliphatic carbocycles. The normalized spacial score (nSPS) is 13.8. The third-order valence-electron chi connectivity index (χ3n) is 19.3. The van der Waals surface area contributed by atoms with E-state index >= 15 is 0 Å². The zero-order valence-electron chi connectivity index (χ0n) is 66.1. The van der Waals surface area contributed by atoms with Crippen LogP contribution in [0, 0.1) is 5.92 Å². The number of carbonyl (C=O) groups is 4. The minimum absolute atomic E-state index is 0.109. The Morgan fingerprint density at radius 3 is 0.673 bits per heavy atom. The molecule has 0 aliphatic heterocycles. The van der Waals surface area contributed by atoms with Crippen molar-refractivity contribution < 1.29 is 80.2 Å². The van der Waals surface area contributed by atoms with E-state index in [2.05, 4.69) is 34.6 Å². The number of esters is 4. The zero-order chi connectivity index (χ0) is 74.1. The van der Waals surface area contributed by atoms with Gasteiger partial charge in [-0.1, -0.05) is 388 Å². The molecule has 0 rings (SSSR count). The smallest absolute Gasteiger partial charge is 0.462 e. The Hall–Kier alpha value is -1.94. The molecule has 0 bridgehead atoms. The van der Waals surface area contributed by atoms with Crippen LogP contribution in [-0.2, 0) is 65.4 Å². The second-order valence-corrected chi connectivity index (χ2v) is 32.9. The van der Waals surface area contributed by atoms with Crippen molar-refractivity contribution >= 4 is 39.5 Å². The van der Waals surface area contributed by atoms with Crippen LogP contribution in [0.1, 0.15) is 439 Å². The maximum Gasteiger partial charge on any atom is 0.472 e. The van der Waals surface area contributed by atoms with Crippen LogP contribution in [-0.4, -0.2) is 96.7 Å². The van der Waals surface area contributed by atoms with E-state index in [-0.39, 0.29) is 25.7 Å². The molecule has 5 atom stereocenters. The van der Waals surface area contributed by atoms with E-state index in [0.29, 0.717) is 25.7 Å². The lowest BCUT2D eigenvalue weighted by atomic mass is 10.0. The lowest BCUT2D eigenvalue weighted by Gasteiger charge is -2.21. The molecule has 2 unspecified atom stereocenters. The topological polar surface area (TPSA) is 237 Å². The summed E-state index contributed by atoms with van der Waals surface area (Å²) < 4.78 is 68.8. The van der Waals surface area contributed by atoms with E-state index in [0.717, 1.165) is 95.8 Å². The van der Waals surface area contributed by atoms with Crippen LogP contribution in [0.25, 0.3) is 0 Å². The quantitative estimate of drug-likeness (QED) is 0.0222. The van der Waals surface area contributed by atoms with Crippen LogP contribution in [0.2, 0.25) is 0 Å². The molecule has 0 aromatic rings. The van der Waals surface area contributed by atoms with Crippen LogP contribution < -0.4 is 0 Å². The summed E-state index contributed by atoms with van der Waals surface area (Å²) >= 11 is 0. The van der Waals surface area contributed by atoms with Gasteiger partial charge in [0.1, 0.15) is 19.3 Å². The number of unbranched alkanes of at least 4 members (excludes halogenated alkanes) is 54. The first kappa shape index (κ1) is 99.1. The van der Waals surface area contributed by atoms with Gasteiger partial charge >= 0.3 is 39.5 Å². The third-order valence-corrected chi connectivity index (χ3v) is 21.2. The molecule has 0 radical (unpaired) electrons. The van der Waals surface area contributed by atoms with E-state index in [1.54, 1.807) is 0 Å². The maximum absolute atomic E-state index is 13.1. The second-order valence-electron chi connectivity index (χ2n) is 30.0. The van der Waals surface area contributed by atoms with E-state index in [4.69, 9.17) is 37.0 Å². The van der Waals surface area contributed by atoms with Gasteiger partial charge in [-0.05, 0) is 31.6 Å². The highest BCUT2D eigenvalue weighted by atomic mass is 31.2. The van der Waals surface area contributed by atoms with Crippen molar-refractivity contribution in [3.8, 4) is 0 Å². The summed E-state index contributed by atoms with van der Waals surface area (Å²) in [5, 5.41) is 10.6. The molecule has 0 heterocycles. The predicted molar refractivity (Wildman–Crippen MR) is 414 cm³/mol. The van der Waals surface area contributed by atoms with Crippen molar-refractivity contribution in [2.75, 3.05) is 39.6 Å². The van der Waals surface area contributed by atoms with Gasteiger partial charge in [0.2, 0.25) is 0 Å². The number of aliphatic hydroxyl groups excluding tert-OH is 1. The highest BCUT2D eigenvalue weighted by molar-refractivity contribution is 7.47. The maximum atomic E-state index is 13.1. The SMILES string of the molecule is CCCCCCCCCCCCCCCCCCCCCCC(=O)O[C@H](COC(=O)CCCCCCCCCCCCCCCC(C)C)COP(=O)(O)OC[C@@H](O)COP(=O)(O)OC[C@@H](COC(=O)CCCCCCCCCCCCC)OC(=O)CCCCCCCCCCCCCCCC. The van der Waals surface area contributed by atoms with Crippen molar-refractivity contribution in [2.45, 2.75) is 457 Å². The number of hydrogen-bond donors (Lipinski definition) is 3. The summed E-state index contributed by atoms with van der Waals surface area (Å²) in [7, 11) is -9.92. The predicted octanol–water partition coefficient (Wildman–Crippen LogP) is 24.8. The van der Waals surface area contributed by atoms with Gasteiger partial charge in [-0.25, -0.2) is 9.13 Å². The van der Waals surface area contributed by atoms with Crippen LogP contribution in [0.15, 0.2) is 0 Å². The van der Waals surface area contributed by atoms with E-state index in [1.165, 1.54) is 263 Å². The van der Waals surface area contributed by atoms with E-state index < -0.39 is 97.5 Å². The Labute approximate surface area is 619 Å². The van der Waals surface area contributed by atoms with Gasteiger partial charge in [-0.3, -0.25) is 37.3 Å². The number of rotatable bonds is 82. The molecule has 600 valence electrons. The van der Waals surface area contributed by atoms with Crippen LogP contribution in [0.3, 0.4) is 0 Å². The Bertz CT molecular complexity index is 1930. The van der Waals surface area contributed by atoms with Gasteiger partial charge in [-0.2, -0.15) is 0 Å². The number of hydrogen-bond acceptors (Lipinski definition) is 15. The number of carbonyl (C=O) groups excluding carboxylic acids is 4. The molecule has 19 heteroatoms. The monoisotopic (exact) mass is 1480 g/mol. The van der Waals surface area contributed by atoms with Gasteiger partial charge in [0.05, 0.1) is 26.4 Å². The Kier molecular flexibility index (Phi) is 73.5. The van der Waals surface area contributed by atoms with E-state index in [9.17, 15) is 43.2 Å².